The van der Waals surface area contributed by atoms with Gasteiger partial charge >= 0.3 is 0 Å². The predicted octanol–water partition coefficient (Wildman–Crippen LogP) is 2.63. The number of methoxy groups -OCH3 is 1. The van der Waals surface area contributed by atoms with Gasteiger partial charge in [0.05, 0.1) is 24.2 Å². The maximum absolute atomic E-state index is 12.2. The minimum Gasteiger partial charge on any atom is -0.494 e. The fraction of sp³-hybridized carbons (Fsp3) is 0.500. The maximum Gasteiger partial charge on any atom is 0.180 e. The van der Waals surface area contributed by atoms with E-state index >= 15 is 0 Å². The summed E-state index contributed by atoms with van der Waals surface area (Å²) in [5, 5.41) is 3.43. The molecule has 1 aromatic rings. The topological polar surface area (TPSA) is 38.3 Å². The van der Waals surface area contributed by atoms with E-state index in [1.54, 1.807) is 14.2 Å². The van der Waals surface area contributed by atoms with Gasteiger partial charge in [-0.05, 0) is 49.9 Å². The summed E-state index contributed by atoms with van der Waals surface area (Å²) in [4.78, 5) is 12.2. The van der Waals surface area contributed by atoms with Crippen LogP contribution in [0.3, 0.4) is 0 Å². The molecule has 18 heavy (non-hydrogen) atoms. The molecule has 0 bridgehead atoms. The number of ether oxygens (including phenoxy) is 1. The lowest BCUT2D eigenvalue weighted by Crippen LogP contribution is -2.22. The molecule has 0 radical (unpaired) electrons. The molecule has 0 heterocycles. The normalized spacial score (nSPS) is 14.2. The van der Waals surface area contributed by atoms with Gasteiger partial charge < -0.3 is 10.1 Å². The van der Waals surface area contributed by atoms with E-state index < -0.39 is 0 Å². The molecule has 1 aliphatic rings. The third kappa shape index (κ3) is 2.38. The van der Waals surface area contributed by atoms with Crippen LogP contribution in [-0.4, -0.2) is 26.5 Å². The summed E-state index contributed by atoms with van der Waals surface area (Å²) in [5.41, 5.74) is 3.00. The van der Waals surface area contributed by atoms with Crippen molar-refractivity contribution in [2.45, 2.75) is 25.7 Å². The fourth-order valence-corrected chi connectivity index (χ4v) is 2.90. The smallest absolute Gasteiger partial charge is 0.180 e. The van der Waals surface area contributed by atoms with Gasteiger partial charge in [-0.1, -0.05) is 11.6 Å². The van der Waals surface area contributed by atoms with E-state index in [9.17, 15) is 4.79 Å². The maximum atomic E-state index is 12.2. The second kappa shape index (κ2) is 5.72. The second-order valence-corrected chi connectivity index (χ2v) is 4.97. The van der Waals surface area contributed by atoms with Gasteiger partial charge in [-0.15, -0.1) is 0 Å². The van der Waals surface area contributed by atoms with Crippen LogP contribution in [0.2, 0.25) is 5.02 Å². The highest BCUT2D eigenvalue weighted by Gasteiger charge is 2.24. The number of fused-ring (bicyclic) bond motifs is 1. The Morgan fingerprint density at radius 2 is 2.17 bits per heavy atom. The van der Waals surface area contributed by atoms with Crippen molar-refractivity contribution in [1.82, 2.24) is 5.32 Å². The number of hydrogen-bond donors (Lipinski definition) is 1. The lowest BCUT2D eigenvalue weighted by Gasteiger charge is -2.22. The van der Waals surface area contributed by atoms with Gasteiger partial charge in [0, 0.05) is 0 Å². The van der Waals surface area contributed by atoms with Gasteiger partial charge in [-0.25, -0.2) is 0 Å². The number of nitrogens with one attached hydrogen (secondary N) is 1. The Kier molecular flexibility index (Phi) is 4.25. The molecule has 0 saturated carbocycles. The minimum absolute atomic E-state index is 0.0509. The SMILES string of the molecule is CNCC(=O)c1c2c(cc(Cl)c1OC)CCCC2. The standard InChI is InChI=1S/C14H18ClNO2/c1-16-8-12(17)13-10-6-4-3-5-9(10)7-11(15)14(13)18-2/h7,16H,3-6,8H2,1-2H3. The lowest BCUT2D eigenvalue weighted by molar-refractivity contribution is 0.0989. The molecule has 0 atom stereocenters. The summed E-state index contributed by atoms with van der Waals surface area (Å²) >= 11 is 6.21. The van der Waals surface area contributed by atoms with Crippen LogP contribution in [-0.2, 0) is 12.8 Å². The first kappa shape index (κ1) is 13.4. The summed E-state index contributed by atoms with van der Waals surface area (Å²) in [5.74, 6) is 0.576. The van der Waals surface area contributed by atoms with Crippen LogP contribution < -0.4 is 10.1 Å². The molecule has 98 valence electrons. The van der Waals surface area contributed by atoms with Gasteiger partial charge in [0.25, 0.3) is 0 Å². The van der Waals surface area contributed by atoms with Crippen LogP contribution in [0.25, 0.3) is 0 Å². The molecule has 1 aliphatic carbocycles. The number of ketones is 1. The van der Waals surface area contributed by atoms with Crippen LogP contribution in [0.5, 0.6) is 5.75 Å². The van der Waals surface area contributed by atoms with E-state index in [4.69, 9.17) is 16.3 Å². The molecular formula is C14H18ClNO2. The Morgan fingerprint density at radius 1 is 1.44 bits per heavy atom. The number of carbonyl (C=O) groups excluding carboxylic acids is 1. The van der Waals surface area contributed by atoms with Crippen molar-refractivity contribution in [2.24, 2.45) is 0 Å². The molecular weight excluding hydrogens is 250 g/mol. The largest absolute Gasteiger partial charge is 0.494 e. The van der Waals surface area contributed by atoms with Gasteiger partial charge in [0.1, 0.15) is 5.75 Å². The monoisotopic (exact) mass is 267 g/mol. The van der Waals surface area contributed by atoms with Gasteiger partial charge in [-0.2, -0.15) is 0 Å². The van der Waals surface area contributed by atoms with Crippen LogP contribution in [0, 0.1) is 0 Å². The highest BCUT2D eigenvalue weighted by atomic mass is 35.5. The Balaban J connectivity index is 2.58. The van der Waals surface area contributed by atoms with Crippen LogP contribution in [0.4, 0.5) is 0 Å². The summed E-state index contributed by atoms with van der Waals surface area (Å²) in [6, 6.07) is 1.95. The van der Waals surface area contributed by atoms with Gasteiger partial charge in [-0.3, -0.25) is 4.79 Å². The first-order valence-corrected chi connectivity index (χ1v) is 6.63. The van der Waals surface area contributed by atoms with E-state index in [1.165, 1.54) is 5.56 Å². The molecule has 0 aliphatic heterocycles. The summed E-state index contributed by atoms with van der Waals surface area (Å²) < 4.78 is 5.33. The molecule has 0 fully saturated rings. The number of carbonyl (C=O) groups is 1. The number of Topliss-reactive ketones (excluding diaryl/α,β-unsaturated/α-hetero) is 1. The number of benzene rings is 1. The van der Waals surface area contributed by atoms with Gasteiger partial charge in [0.2, 0.25) is 0 Å². The fourth-order valence-electron chi connectivity index (χ4n) is 2.59. The minimum atomic E-state index is 0.0509. The van der Waals surface area contributed by atoms with E-state index in [2.05, 4.69) is 5.32 Å². The molecule has 0 aromatic heterocycles. The van der Waals surface area contributed by atoms with Crippen molar-refractivity contribution in [1.29, 1.82) is 0 Å². The van der Waals surface area contributed by atoms with Crippen LogP contribution >= 0.6 is 11.6 Å². The quantitative estimate of drug-likeness (QED) is 0.853. The van der Waals surface area contributed by atoms with Crippen LogP contribution in [0.1, 0.15) is 34.3 Å². The number of aryl methyl sites for hydroxylation is 1. The molecule has 4 heteroatoms. The van der Waals surface area contributed by atoms with E-state index in [1.807, 2.05) is 6.07 Å². The van der Waals surface area contributed by atoms with E-state index in [0.717, 1.165) is 31.2 Å². The molecule has 0 spiro atoms. The Morgan fingerprint density at radius 3 is 2.83 bits per heavy atom. The van der Waals surface area contributed by atoms with Crippen molar-refractivity contribution < 1.29 is 9.53 Å². The van der Waals surface area contributed by atoms with Gasteiger partial charge in [0.15, 0.2) is 5.78 Å². The molecule has 0 saturated heterocycles. The Labute approximate surface area is 112 Å². The third-order valence-electron chi connectivity index (χ3n) is 3.38. The van der Waals surface area contributed by atoms with Crippen molar-refractivity contribution in [2.75, 3.05) is 20.7 Å². The van der Waals surface area contributed by atoms with Crippen LogP contribution in [0.15, 0.2) is 6.07 Å². The molecule has 3 nitrogen and oxygen atoms in total. The number of rotatable bonds is 4. The molecule has 1 aromatic carbocycles. The third-order valence-corrected chi connectivity index (χ3v) is 3.66. The molecule has 0 unspecified atom stereocenters. The molecule has 0 amide bonds. The van der Waals surface area contributed by atoms with Crippen molar-refractivity contribution in [3.05, 3.63) is 27.8 Å². The zero-order valence-corrected chi connectivity index (χ0v) is 11.6. The first-order valence-electron chi connectivity index (χ1n) is 6.25. The first-order chi connectivity index (χ1) is 8.69. The average Bonchev–Trinajstić information content (AvgIpc) is 2.37. The van der Waals surface area contributed by atoms with E-state index in [0.29, 0.717) is 22.9 Å². The highest BCUT2D eigenvalue weighted by Crippen LogP contribution is 2.37. The summed E-state index contributed by atoms with van der Waals surface area (Å²) in [6.07, 6.45) is 4.22. The number of hydrogen-bond acceptors (Lipinski definition) is 3. The zero-order valence-electron chi connectivity index (χ0n) is 10.8. The lowest BCUT2D eigenvalue weighted by atomic mass is 9.86. The summed E-state index contributed by atoms with van der Waals surface area (Å²) in [7, 11) is 3.33. The Hall–Kier alpha value is -1.06. The van der Waals surface area contributed by atoms with Crippen molar-refractivity contribution >= 4 is 17.4 Å². The van der Waals surface area contributed by atoms with E-state index in [-0.39, 0.29) is 5.78 Å². The Bertz CT molecular complexity index is 471. The van der Waals surface area contributed by atoms with Crippen molar-refractivity contribution in [3.63, 3.8) is 0 Å². The average molecular weight is 268 g/mol. The molecule has 2 rings (SSSR count). The number of likely N-dealkylation sites (N-methyl/N-ethyl adjacent to an activating group) is 1. The molecule has 1 N–H and O–H groups in total. The number of halogens is 1. The predicted molar refractivity (Wildman–Crippen MR) is 72.9 cm³/mol. The second-order valence-electron chi connectivity index (χ2n) is 4.56. The van der Waals surface area contributed by atoms with Crippen molar-refractivity contribution in [3.8, 4) is 5.75 Å². The highest BCUT2D eigenvalue weighted by molar-refractivity contribution is 6.33. The summed E-state index contributed by atoms with van der Waals surface area (Å²) in [6.45, 7) is 0.309. The zero-order chi connectivity index (χ0) is 13.1.